The minimum atomic E-state index is 0.239. The molecule has 1 aliphatic carbocycles. The Hall–Kier alpha value is -0.630. The summed E-state index contributed by atoms with van der Waals surface area (Å²) in [5.74, 6) is 1.26. The van der Waals surface area contributed by atoms with Gasteiger partial charge in [0.05, 0.1) is 0 Å². The molecule has 1 fully saturated rings. The maximum Gasteiger partial charge on any atom is 0.167 e. The van der Waals surface area contributed by atoms with Crippen LogP contribution in [0.15, 0.2) is 6.07 Å². The summed E-state index contributed by atoms with van der Waals surface area (Å²) < 4.78 is 0. The number of Topliss-reactive ketones (excluding diaryl/α,β-unsaturated/α-hetero) is 1. The fourth-order valence-electron chi connectivity index (χ4n) is 1.93. The van der Waals surface area contributed by atoms with Crippen molar-refractivity contribution in [2.24, 2.45) is 11.8 Å². The summed E-state index contributed by atoms with van der Waals surface area (Å²) in [6, 6.07) is 2.04. The average molecular weight is 208 g/mol. The van der Waals surface area contributed by atoms with Gasteiger partial charge < -0.3 is 0 Å². The van der Waals surface area contributed by atoms with E-state index in [1.165, 1.54) is 22.6 Å². The molecule has 0 saturated heterocycles. The molecular weight excluding hydrogens is 192 g/mol. The smallest absolute Gasteiger partial charge is 0.167 e. The molecule has 1 aromatic rings. The lowest BCUT2D eigenvalue weighted by atomic mass is 9.95. The number of thiophene rings is 1. The van der Waals surface area contributed by atoms with E-state index in [0.717, 1.165) is 5.56 Å². The van der Waals surface area contributed by atoms with Gasteiger partial charge in [0.2, 0.25) is 0 Å². The molecule has 1 aromatic heterocycles. The molecule has 14 heavy (non-hydrogen) atoms. The first-order valence-corrected chi connectivity index (χ1v) is 6.02. The van der Waals surface area contributed by atoms with Crippen molar-refractivity contribution in [3.05, 3.63) is 21.4 Å². The summed E-state index contributed by atoms with van der Waals surface area (Å²) in [5, 5.41) is 0. The van der Waals surface area contributed by atoms with Crippen LogP contribution < -0.4 is 0 Å². The van der Waals surface area contributed by atoms with Crippen LogP contribution in [-0.2, 0) is 0 Å². The third kappa shape index (κ3) is 1.76. The third-order valence-electron chi connectivity index (χ3n) is 3.05. The highest BCUT2D eigenvalue weighted by atomic mass is 32.1. The number of ketones is 1. The molecule has 0 amide bonds. The molecule has 1 nitrogen and oxygen atoms in total. The Morgan fingerprint density at radius 3 is 2.57 bits per heavy atom. The predicted octanol–water partition coefficient (Wildman–Crippen LogP) is 3.59. The first-order valence-electron chi connectivity index (χ1n) is 5.21. The van der Waals surface area contributed by atoms with Crippen molar-refractivity contribution in [1.29, 1.82) is 0 Å². The van der Waals surface area contributed by atoms with E-state index in [-0.39, 0.29) is 5.92 Å². The third-order valence-corrected chi connectivity index (χ3v) is 4.02. The van der Waals surface area contributed by atoms with Crippen LogP contribution in [-0.4, -0.2) is 5.78 Å². The van der Waals surface area contributed by atoms with E-state index in [9.17, 15) is 4.79 Å². The Bertz CT molecular complexity index is 360. The maximum atomic E-state index is 12.1. The number of carbonyl (C=O) groups excluding carboxylic acids is 1. The lowest BCUT2D eigenvalue weighted by Gasteiger charge is -2.07. The SMILES string of the molecule is Cc1cc(C(=O)C(C)C2CC2)c(C)s1. The molecule has 1 unspecified atom stereocenters. The van der Waals surface area contributed by atoms with E-state index >= 15 is 0 Å². The summed E-state index contributed by atoms with van der Waals surface area (Å²) in [5.41, 5.74) is 0.965. The number of hydrogen-bond donors (Lipinski definition) is 0. The van der Waals surface area contributed by atoms with Gasteiger partial charge in [-0.1, -0.05) is 6.92 Å². The van der Waals surface area contributed by atoms with Gasteiger partial charge in [0, 0.05) is 21.2 Å². The highest BCUT2D eigenvalue weighted by molar-refractivity contribution is 7.12. The molecule has 1 heterocycles. The molecule has 0 aliphatic heterocycles. The number of hydrogen-bond acceptors (Lipinski definition) is 2. The van der Waals surface area contributed by atoms with E-state index in [2.05, 4.69) is 13.8 Å². The Balaban J connectivity index is 2.21. The maximum absolute atomic E-state index is 12.1. The normalized spacial score (nSPS) is 18.2. The van der Waals surface area contributed by atoms with Crippen molar-refractivity contribution in [2.45, 2.75) is 33.6 Å². The van der Waals surface area contributed by atoms with E-state index in [1.807, 2.05) is 13.0 Å². The molecule has 2 heteroatoms. The van der Waals surface area contributed by atoms with Crippen molar-refractivity contribution >= 4 is 17.1 Å². The molecular formula is C12H16OS. The summed E-state index contributed by atoms with van der Waals surface area (Å²) in [6.45, 7) is 6.19. The Labute approximate surface area is 89.1 Å². The molecule has 76 valence electrons. The van der Waals surface area contributed by atoms with Crippen LogP contribution in [0, 0.1) is 25.7 Å². The minimum Gasteiger partial charge on any atom is -0.294 e. The van der Waals surface area contributed by atoms with Gasteiger partial charge in [-0.05, 0) is 38.7 Å². The average Bonchev–Trinajstić information content (AvgIpc) is 2.90. The standard InChI is InChI=1S/C12H16OS/c1-7-6-11(9(3)14-7)12(13)8(2)10-4-5-10/h6,8,10H,4-5H2,1-3H3. The van der Waals surface area contributed by atoms with Crippen LogP contribution in [0.3, 0.4) is 0 Å². The largest absolute Gasteiger partial charge is 0.294 e. The van der Waals surface area contributed by atoms with Crippen molar-refractivity contribution in [3.63, 3.8) is 0 Å². The quantitative estimate of drug-likeness (QED) is 0.694. The highest BCUT2D eigenvalue weighted by Crippen LogP contribution is 2.39. The van der Waals surface area contributed by atoms with Crippen LogP contribution in [0.5, 0.6) is 0 Å². The first-order chi connectivity index (χ1) is 6.59. The lowest BCUT2D eigenvalue weighted by Crippen LogP contribution is -2.13. The summed E-state index contributed by atoms with van der Waals surface area (Å²) in [4.78, 5) is 14.5. The zero-order valence-electron chi connectivity index (χ0n) is 8.96. The molecule has 0 aromatic carbocycles. The summed E-state index contributed by atoms with van der Waals surface area (Å²) >= 11 is 1.73. The zero-order valence-corrected chi connectivity index (χ0v) is 9.78. The Morgan fingerprint density at radius 1 is 1.50 bits per heavy atom. The minimum absolute atomic E-state index is 0.239. The molecule has 0 radical (unpaired) electrons. The van der Waals surface area contributed by atoms with Gasteiger partial charge in [0.15, 0.2) is 5.78 Å². The molecule has 2 rings (SSSR count). The van der Waals surface area contributed by atoms with Gasteiger partial charge >= 0.3 is 0 Å². The number of aryl methyl sites for hydroxylation is 2. The number of rotatable bonds is 3. The monoisotopic (exact) mass is 208 g/mol. The van der Waals surface area contributed by atoms with Gasteiger partial charge in [-0.15, -0.1) is 11.3 Å². The van der Waals surface area contributed by atoms with Gasteiger partial charge in [-0.3, -0.25) is 4.79 Å². The number of carbonyl (C=O) groups is 1. The van der Waals surface area contributed by atoms with E-state index in [0.29, 0.717) is 11.7 Å². The summed E-state index contributed by atoms with van der Waals surface area (Å²) in [7, 11) is 0. The fourth-order valence-corrected chi connectivity index (χ4v) is 2.86. The zero-order chi connectivity index (χ0) is 10.3. The molecule has 0 N–H and O–H groups in total. The van der Waals surface area contributed by atoms with Crippen molar-refractivity contribution in [3.8, 4) is 0 Å². The second kappa shape index (κ2) is 3.50. The van der Waals surface area contributed by atoms with E-state index < -0.39 is 0 Å². The Morgan fingerprint density at radius 2 is 2.14 bits per heavy atom. The topological polar surface area (TPSA) is 17.1 Å². The molecule has 0 bridgehead atoms. The van der Waals surface area contributed by atoms with E-state index in [1.54, 1.807) is 11.3 Å². The highest BCUT2D eigenvalue weighted by Gasteiger charge is 2.33. The van der Waals surface area contributed by atoms with Crippen LogP contribution in [0.4, 0.5) is 0 Å². The first kappa shape index (κ1) is 9.91. The molecule has 0 spiro atoms. The van der Waals surface area contributed by atoms with Crippen LogP contribution in [0.2, 0.25) is 0 Å². The van der Waals surface area contributed by atoms with Crippen LogP contribution >= 0.6 is 11.3 Å². The molecule has 1 aliphatic rings. The Kier molecular flexibility index (Phi) is 2.48. The fraction of sp³-hybridized carbons (Fsp3) is 0.583. The second-order valence-electron chi connectivity index (χ2n) is 4.32. The van der Waals surface area contributed by atoms with Gasteiger partial charge in [0.25, 0.3) is 0 Å². The molecule has 1 saturated carbocycles. The van der Waals surface area contributed by atoms with Gasteiger partial charge in [-0.25, -0.2) is 0 Å². The van der Waals surface area contributed by atoms with Crippen molar-refractivity contribution in [2.75, 3.05) is 0 Å². The van der Waals surface area contributed by atoms with Gasteiger partial charge in [-0.2, -0.15) is 0 Å². The van der Waals surface area contributed by atoms with E-state index in [4.69, 9.17) is 0 Å². The van der Waals surface area contributed by atoms with Crippen LogP contribution in [0.1, 0.15) is 39.9 Å². The second-order valence-corrected chi connectivity index (χ2v) is 5.78. The lowest BCUT2D eigenvalue weighted by molar-refractivity contribution is 0.0916. The van der Waals surface area contributed by atoms with Crippen LogP contribution in [0.25, 0.3) is 0 Å². The van der Waals surface area contributed by atoms with Gasteiger partial charge in [0.1, 0.15) is 0 Å². The van der Waals surface area contributed by atoms with Crippen molar-refractivity contribution in [1.82, 2.24) is 0 Å². The summed E-state index contributed by atoms with van der Waals surface area (Å²) in [6.07, 6.45) is 2.49. The molecule has 1 atom stereocenters. The predicted molar refractivity (Wildman–Crippen MR) is 60.0 cm³/mol. The van der Waals surface area contributed by atoms with Crippen molar-refractivity contribution < 1.29 is 4.79 Å².